The van der Waals surface area contributed by atoms with Crippen molar-refractivity contribution in [1.82, 2.24) is 0 Å². The lowest BCUT2D eigenvalue weighted by Crippen LogP contribution is -2.10. The molecule has 0 fully saturated rings. The number of furan rings is 1. The second kappa shape index (κ2) is 5.61. The molecule has 21 heavy (non-hydrogen) atoms. The maximum absolute atomic E-state index is 11.8. The van der Waals surface area contributed by atoms with Crippen molar-refractivity contribution in [2.45, 2.75) is 6.92 Å². The lowest BCUT2D eigenvalue weighted by molar-refractivity contribution is -0.384. The van der Waals surface area contributed by atoms with Gasteiger partial charge in [-0.15, -0.1) is 0 Å². The van der Waals surface area contributed by atoms with Gasteiger partial charge in [0.05, 0.1) is 18.1 Å². The van der Waals surface area contributed by atoms with Crippen LogP contribution in [0.1, 0.15) is 17.5 Å². The van der Waals surface area contributed by atoms with Gasteiger partial charge in [-0.05, 0) is 6.07 Å². The number of hydrogen-bond acceptors (Lipinski definition) is 7. The van der Waals surface area contributed by atoms with Crippen LogP contribution in [0.4, 0.5) is 5.69 Å². The van der Waals surface area contributed by atoms with E-state index in [0.717, 1.165) is 0 Å². The zero-order valence-electron chi connectivity index (χ0n) is 11.2. The number of benzene rings is 1. The number of esters is 1. The van der Waals surface area contributed by atoms with Gasteiger partial charge < -0.3 is 13.9 Å². The first-order valence-corrected chi connectivity index (χ1v) is 5.85. The lowest BCUT2D eigenvalue weighted by Gasteiger charge is -2.00. The summed E-state index contributed by atoms with van der Waals surface area (Å²) in [7, 11) is 1.33. The molecule has 0 aliphatic rings. The molecule has 0 unspecified atom stereocenters. The Morgan fingerprint density at radius 2 is 2.05 bits per heavy atom. The van der Waals surface area contributed by atoms with Crippen LogP contribution in [0.3, 0.4) is 0 Å². The molecule has 8 nitrogen and oxygen atoms in total. The van der Waals surface area contributed by atoms with E-state index in [0.29, 0.717) is 5.39 Å². The van der Waals surface area contributed by atoms with Crippen LogP contribution in [0.15, 0.2) is 22.6 Å². The molecule has 0 spiro atoms. The van der Waals surface area contributed by atoms with Gasteiger partial charge in [0.15, 0.2) is 23.7 Å². The molecule has 0 atom stereocenters. The first-order chi connectivity index (χ1) is 9.92. The summed E-state index contributed by atoms with van der Waals surface area (Å²) in [6.45, 7) is 0.720. The number of ether oxygens (including phenoxy) is 2. The third kappa shape index (κ3) is 2.99. The van der Waals surface area contributed by atoms with Crippen LogP contribution in [-0.4, -0.2) is 30.4 Å². The summed E-state index contributed by atoms with van der Waals surface area (Å²) < 4.78 is 14.9. The van der Waals surface area contributed by atoms with E-state index in [1.54, 1.807) is 0 Å². The molecule has 1 heterocycles. The highest BCUT2D eigenvalue weighted by molar-refractivity contribution is 6.00. The minimum atomic E-state index is -0.590. The Bertz CT molecular complexity index is 731. The second-order valence-electron chi connectivity index (χ2n) is 4.14. The standard InChI is InChI=1S/C13H11NO7/c1-7(15)20-6-10(16)11-4-8-3-9(14(17)18)5-12(19-2)13(8)21-11/h3-5H,6H2,1-2H3. The first kappa shape index (κ1) is 14.5. The van der Waals surface area contributed by atoms with Crippen molar-refractivity contribution in [1.29, 1.82) is 0 Å². The van der Waals surface area contributed by atoms with Crippen molar-refractivity contribution in [2.75, 3.05) is 13.7 Å². The normalized spacial score (nSPS) is 10.4. The number of non-ortho nitro benzene ring substituents is 1. The largest absolute Gasteiger partial charge is 0.493 e. The quantitative estimate of drug-likeness (QED) is 0.359. The number of ketones is 1. The number of nitro benzene ring substituents is 1. The van der Waals surface area contributed by atoms with E-state index in [-0.39, 0.29) is 22.8 Å². The number of hydrogen-bond donors (Lipinski definition) is 0. The fraction of sp³-hybridized carbons (Fsp3) is 0.231. The molecule has 0 radical (unpaired) electrons. The van der Waals surface area contributed by atoms with Gasteiger partial charge >= 0.3 is 5.97 Å². The Kier molecular flexibility index (Phi) is 3.88. The fourth-order valence-electron chi connectivity index (χ4n) is 1.74. The van der Waals surface area contributed by atoms with Crippen LogP contribution < -0.4 is 4.74 Å². The molecule has 8 heteroatoms. The molecule has 0 saturated carbocycles. The maximum Gasteiger partial charge on any atom is 0.303 e. The maximum atomic E-state index is 11.8. The Balaban J connectivity index is 2.42. The number of nitro groups is 1. The zero-order chi connectivity index (χ0) is 15.6. The van der Waals surface area contributed by atoms with Crippen molar-refractivity contribution < 1.29 is 28.4 Å². The van der Waals surface area contributed by atoms with E-state index in [1.165, 1.54) is 32.2 Å². The molecule has 0 aliphatic carbocycles. The Hall–Kier alpha value is -2.90. The third-order valence-corrected chi connectivity index (χ3v) is 2.68. The van der Waals surface area contributed by atoms with Crippen molar-refractivity contribution in [3.8, 4) is 5.75 Å². The fourth-order valence-corrected chi connectivity index (χ4v) is 1.74. The van der Waals surface area contributed by atoms with Crippen molar-refractivity contribution in [2.24, 2.45) is 0 Å². The van der Waals surface area contributed by atoms with Crippen LogP contribution in [0.25, 0.3) is 11.0 Å². The highest BCUT2D eigenvalue weighted by atomic mass is 16.6. The van der Waals surface area contributed by atoms with Gasteiger partial charge in [-0.2, -0.15) is 0 Å². The number of carbonyl (C=O) groups excluding carboxylic acids is 2. The third-order valence-electron chi connectivity index (χ3n) is 2.68. The van der Waals surface area contributed by atoms with E-state index in [9.17, 15) is 19.7 Å². The minimum absolute atomic E-state index is 0.0648. The summed E-state index contributed by atoms with van der Waals surface area (Å²) in [5.74, 6) is -1.06. The number of nitrogens with zero attached hydrogens (tertiary/aromatic N) is 1. The summed E-state index contributed by atoms with van der Waals surface area (Å²) in [5.41, 5.74) is 0.0356. The highest BCUT2D eigenvalue weighted by Gasteiger charge is 2.19. The number of Topliss-reactive ketones (excluding diaryl/α,β-unsaturated/α-hetero) is 1. The van der Waals surface area contributed by atoms with Crippen molar-refractivity contribution in [3.05, 3.63) is 34.1 Å². The van der Waals surface area contributed by atoms with Crippen LogP contribution in [-0.2, 0) is 9.53 Å². The monoisotopic (exact) mass is 293 g/mol. The summed E-state index contributed by atoms with van der Waals surface area (Å²) in [5, 5.41) is 11.2. The van der Waals surface area contributed by atoms with Crippen LogP contribution in [0.5, 0.6) is 5.75 Å². The van der Waals surface area contributed by atoms with Gasteiger partial charge in [0.1, 0.15) is 0 Å². The minimum Gasteiger partial charge on any atom is -0.493 e. The zero-order valence-corrected chi connectivity index (χ0v) is 11.2. The molecule has 0 amide bonds. The molecule has 0 saturated heterocycles. The van der Waals surface area contributed by atoms with Gasteiger partial charge in [-0.1, -0.05) is 0 Å². The molecule has 0 bridgehead atoms. The number of rotatable bonds is 5. The Labute approximate surface area is 118 Å². The smallest absolute Gasteiger partial charge is 0.303 e. The number of carbonyl (C=O) groups is 2. The summed E-state index contributed by atoms with van der Waals surface area (Å²) >= 11 is 0. The molecule has 0 N–H and O–H groups in total. The topological polar surface area (TPSA) is 109 Å². The molecule has 2 rings (SSSR count). The van der Waals surface area contributed by atoms with Gasteiger partial charge in [0, 0.05) is 18.4 Å². The van der Waals surface area contributed by atoms with Crippen LogP contribution in [0.2, 0.25) is 0 Å². The second-order valence-corrected chi connectivity index (χ2v) is 4.14. The SMILES string of the molecule is COc1cc([N+](=O)[O-])cc2cc(C(=O)COC(C)=O)oc12. The predicted molar refractivity (Wildman–Crippen MR) is 70.4 cm³/mol. The average molecular weight is 293 g/mol. The predicted octanol–water partition coefficient (Wildman–Crippen LogP) is 2.10. The van der Waals surface area contributed by atoms with Gasteiger partial charge in [-0.25, -0.2) is 0 Å². The molecule has 1 aromatic carbocycles. The molecular weight excluding hydrogens is 282 g/mol. The average Bonchev–Trinajstić information content (AvgIpc) is 2.87. The number of fused-ring (bicyclic) bond motifs is 1. The van der Waals surface area contributed by atoms with Gasteiger partial charge in [0.25, 0.3) is 5.69 Å². The molecule has 110 valence electrons. The van der Waals surface area contributed by atoms with Gasteiger partial charge in [0.2, 0.25) is 5.78 Å². The summed E-state index contributed by atoms with van der Waals surface area (Å²) in [4.78, 5) is 32.7. The van der Waals surface area contributed by atoms with E-state index in [4.69, 9.17) is 9.15 Å². The van der Waals surface area contributed by atoms with E-state index < -0.39 is 23.3 Å². The summed E-state index contributed by atoms with van der Waals surface area (Å²) in [6.07, 6.45) is 0. The van der Waals surface area contributed by atoms with Crippen LogP contribution >= 0.6 is 0 Å². The lowest BCUT2D eigenvalue weighted by atomic mass is 10.2. The Morgan fingerprint density at radius 1 is 1.33 bits per heavy atom. The van der Waals surface area contributed by atoms with Crippen molar-refractivity contribution >= 4 is 28.4 Å². The van der Waals surface area contributed by atoms with E-state index in [1.807, 2.05) is 0 Å². The van der Waals surface area contributed by atoms with Crippen molar-refractivity contribution in [3.63, 3.8) is 0 Å². The summed E-state index contributed by atoms with van der Waals surface area (Å²) in [6, 6.07) is 3.81. The molecule has 0 aliphatic heterocycles. The van der Waals surface area contributed by atoms with E-state index >= 15 is 0 Å². The highest BCUT2D eigenvalue weighted by Crippen LogP contribution is 2.33. The Morgan fingerprint density at radius 3 is 2.62 bits per heavy atom. The number of methoxy groups -OCH3 is 1. The van der Waals surface area contributed by atoms with Gasteiger partial charge in [-0.3, -0.25) is 19.7 Å². The molecule has 2 aromatic rings. The first-order valence-electron chi connectivity index (χ1n) is 5.85. The van der Waals surface area contributed by atoms with E-state index in [2.05, 4.69) is 4.74 Å². The molecular formula is C13H11NO7. The van der Waals surface area contributed by atoms with Crippen LogP contribution in [0, 0.1) is 10.1 Å². The molecule has 1 aromatic heterocycles.